The standard InChI is InChI=1S/C9H13N3OS/c1-3-10-8(13)7(2)14-9-11-5-4-6-12-9/h4-7H,3H2,1-2H3,(H,10,13)/t7-/m0/s1. The van der Waals surface area contributed by atoms with Crippen LogP contribution >= 0.6 is 11.8 Å². The highest BCUT2D eigenvalue weighted by Gasteiger charge is 2.14. The molecule has 0 bridgehead atoms. The highest BCUT2D eigenvalue weighted by Crippen LogP contribution is 2.17. The molecule has 0 unspecified atom stereocenters. The Balaban J connectivity index is 2.49. The van der Waals surface area contributed by atoms with Crippen molar-refractivity contribution in [1.82, 2.24) is 15.3 Å². The van der Waals surface area contributed by atoms with E-state index in [0.717, 1.165) is 0 Å². The van der Waals surface area contributed by atoms with Crippen LogP contribution in [-0.4, -0.2) is 27.7 Å². The number of hydrogen-bond donors (Lipinski definition) is 1. The normalized spacial score (nSPS) is 12.1. The van der Waals surface area contributed by atoms with Crippen LogP contribution in [0.15, 0.2) is 23.6 Å². The first-order valence-corrected chi connectivity index (χ1v) is 5.33. The number of carbonyl (C=O) groups is 1. The lowest BCUT2D eigenvalue weighted by molar-refractivity contribution is -0.120. The average Bonchev–Trinajstić information content (AvgIpc) is 2.19. The molecule has 76 valence electrons. The SMILES string of the molecule is CCNC(=O)[C@H](C)Sc1ncccn1. The summed E-state index contributed by atoms with van der Waals surface area (Å²) in [5, 5.41) is 3.23. The Bertz CT molecular complexity index is 291. The van der Waals surface area contributed by atoms with Crippen molar-refractivity contribution in [3.05, 3.63) is 18.5 Å². The Morgan fingerprint density at radius 3 is 2.79 bits per heavy atom. The number of carbonyl (C=O) groups excluding carboxylic acids is 1. The molecule has 1 amide bonds. The topological polar surface area (TPSA) is 54.9 Å². The molecule has 0 spiro atoms. The van der Waals surface area contributed by atoms with Crippen molar-refractivity contribution in [3.63, 3.8) is 0 Å². The molecule has 1 aromatic rings. The first-order valence-electron chi connectivity index (χ1n) is 4.45. The molecule has 4 nitrogen and oxygen atoms in total. The number of thioether (sulfide) groups is 1. The maximum atomic E-state index is 11.4. The lowest BCUT2D eigenvalue weighted by Gasteiger charge is -2.08. The molecule has 5 heteroatoms. The zero-order chi connectivity index (χ0) is 10.4. The molecule has 1 heterocycles. The van der Waals surface area contributed by atoms with Gasteiger partial charge in [-0.05, 0) is 19.9 Å². The minimum Gasteiger partial charge on any atom is -0.355 e. The van der Waals surface area contributed by atoms with E-state index in [1.165, 1.54) is 11.8 Å². The molecule has 1 rings (SSSR count). The summed E-state index contributed by atoms with van der Waals surface area (Å²) in [6.07, 6.45) is 3.33. The first-order chi connectivity index (χ1) is 6.74. The van der Waals surface area contributed by atoms with Crippen molar-refractivity contribution in [2.24, 2.45) is 0 Å². The van der Waals surface area contributed by atoms with Crippen LogP contribution in [0.5, 0.6) is 0 Å². The molecule has 14 heavy (non-hydrogen) atoms. The van der Waals surface area contributed by atoms with E-state index >= 15 is 0 Å². The predicted octanol–water partition coefficient (Wildman–Crippen LogP) is 1.09. The molecule has 1 atom stereocenters. The van der Waals surface area contributed by atoms with E-state index in [1.54, 1.807) is 18.5 Å². The minimum absolute atomic E-state index is 0.0185. The number of amides is 1. The summed E-state index contributed by atoms with van der Waals surface area (Å²) in [6, 6.07) is 1.75. The number of hydrogen-bond acceptors (Lipinski definition) is 4. The third-order valence-electron chi connectivity index (χ3n) is 1.54. The van der Waals surface area contributed by atoms with Gasteiger partial charge in [0.25, 0.3) is 0 Å². The first kappa shape index (κ1) is 11.0. The van der Waals surface area contributed by atoms with E-state index in [1.807, 2.05) is 13.8 Å². The lowest BCUT2D eigenvalue weighted by atomic mass is 10.4. The van der Waals surface area contributed by atoms with Gasteiger partial charge in [-0.1, -0.05) is 11.8 Å². The maximum Gasteiger partial charge on any atom is 0.233 e. The molecule has 0 aliphatic heterocycles. The van der Waals surface area contributed by atoms with Crippen molar-refractivity contribution in [1.29, 1.82) is 0 Å². The van der Waals surface area contributed by atoms with Crippen LogP contribution in [0.3, 0.4) is 0 Å². The van der Waals surface area contributed by atoms with E-state index in [2.05, 4.69) is 15.3 Å². The average molecular weight is 211 g/mol. The van der Waals surface area contributed by atoms with Gasteiger partial charge in [-0.25, -0.2) is 9.97 Å². The highest BCUT2D eigenvalue weighted by molar-refractivity contribution is 8.00. The van der Waals surface area contributed by atoms with Gasteiger partial charge >= 0.3 is 0 Å². The second-order valence-electron chi connectivity index (χ2n) is 2.69. The zero-order valence-electron chi connectivity index (χ0n) is 8.23. The highest BCUT2D eigenvalue weighted by atomic mass is 32.2. The summed E-state index contributed by atoms with van der Waals surface area (Å²) in [7, 11) is 0. The Hall–Kier alpha value is -1.10. The van der Waals surface area contributed by atoms with Gasteiger partial charge in [-0.3, -0.25) is 4.79 Å². The van der Waals surface area contributed by atoms with E-state index in [-0.39, 0.29) is 11.2 Å². The molecule has 1 N–H and O–H groups in total. The molecule has 0 aliphatic carbocycles. The summed E-state index contributed by atoms with van der Waals surface area (Å²) in [4.78, 5) is 19.4. The van der Waals surface area contributed by atoms with Gasteiger partial charge in [0.15, 0.2) is 5.16 Å². The third kappa shape index (κ3) is 3.33. The van der Waals surface area contributed by atoms with Crippen LogP contribution in [0.25, 0.3) is 0 Å². The van der Waals surface area contributed by atoms with Crippen molar-refractivity contribution in [3.8, 4) is 0 Å². The molecule has 0 saturated carbocycles. The fourth-order valence-electron chi connectivity index (χ4n) is 0.876. The van der Waals surface area contributed by atoms with Crippen LogP contribution in [0.1, 0.15) is 13.8 Å². The van der Waals surface area contributed by atoms with Crippen LogP contribution in [0.4, 0.5) is 0 Å². The fraction of sp³-hybridized carbons (Fsp3) is 0.444. The van der Waals surface area contributed by atoms with Crippen LogP contribution < -0.4 is 5.32 Å². The zero-order valence-corrected chi connectivity index (χ0v) is 9.04. The number of nitrogens with one attached hydrogen (secondary N) is 1. The monoisotopic (exact) mass is 211 g/mol. The summed E-state index contributed by atoms with van der Waals surface area (Å²) in [5.41, 5.74) is 0. The van der Waals surface area contributed by atoms with Crippen molar-refractivity contribution in [2.75, 3.05) is 6.54 Å². The molecular weight excluding hydrogens is 198 g/mol. The van der Waals surface area contributed by atoms with Gasteiger partial charge in [0, 0.05) is 18.9 Å². The minimum atomic E-state index is -0.155. The van der Waals surface area contributed by atoms with Gasteiger partial charge in [0.1, 0.15) is 0 Å². The van der Waals surface area contributed by atoms with Crippen LogP contribution in [0, 0.1) is 0 Å². The summed E-state index contributed by atoms with van der Waals surface area (Å²) in [5.74, 6) is 0.0185. The van der Waals surface area contributed by atoms with Gasteiger partial charge in [-0.2, -0.15) is 0 Å². The summed E-state index contributed by atoms with van der Waals surface area (Å²) >= 11 is 1.36. The van der Waals surface area contributed by atoms with Crippen LogP contribution in [0.2, 0.25) is 0 Å². The number of nitrogens with zero attached hydrogens (tertiary/aromatic N) is 2. The van der Waals surface area contributed by atoms with E-state index < -0.39 is 0 Å². The predicted molar refractivity (Wildman–Crippen MR) is 56.0 cm³/mol. The van der Waals surface area contributed by atoms with Gasteiger partial charge in [0.05, 0.1) is 5.25 Å². The molecular formula is C9H13N3OS. The fourth-order valence-corrected chi connectivity index (χ4v) is 1.63. The molecule has 0 aliphatic rings. The van der Waals surface area contributed by atoms with Crippen molar-refractivity contribution in [2.45, 2.75) is 24.3 Å². The number of rotatable bonds is 4. The number of aromatic nitrogens is 2. The second-order valence-corrected chi connectivity index (χ2v) is 3.99. The van der Waals surface area contributed by atoms with E-state index in [4.69, 9.17) is 0 Å². The van der Waals surface area contributed by atoms with Crippen LogP contribution in [-0.2, 0) is 4.79 Å². The molecule has 0 fully saturated rings. The van der Waals surface area contributed by atoms with Gasteiger partial charge in [0.2, 0.25) is 5.91 Å². The maximum absolute atomic E-state index is 11.4. The molecule has 0 radical (unpaired) electrons. The Morgan fingerprint density at radius 2 is 2.21 bits per heavy atom. The summed E-state index contributed by atoms with van der Waals surface area (Å²) < 4.78 is 0. The molecule has 1 aromatic heterocycles. The van der Waals surface area contributed by atoms with Gasteiger partial charge < -0.3 is 5.32 Å². The third-order valence-corrected chi connectivity index (χ3v) is 2.53. The van der Waals surface area contributed by atoms with E-state index in [9.17, 15) is 4.79 Å². The Labute approximate surface area is 87.5 Å². The summed E-state index contributed by atoms with van der Waals surface area (Å²) in [6.45, 7) is 4.39. The molecule has 0 saturated heterocycles. The second kappa shape index (κ2) is 5.59. The lowest BCUT2D eigenvalue weighted by Crippen LogP contribution is -2.30. The van der Waals surface area contributed by atoms with E-state index in [0.29, 0.717) is 11.7 Å². The smallest absolute Gasteiger partial charge is 0.233 e. The van der Waals surface area contributed by atoms with Crippen molar-refractivity contribution >= 4 is 17.7 Å². The Morgan fingerprint density at radius 1 is 1.57 bits per heavy atom. The van der Waals surface area contributed by atoms with Gasteiger partial charge in [-0.15, -0.1) is 0 Å². The molecule has 0 aromatic carbocycles. The quantitative estimate of drug-likeness (QED) is 0.598. The van der Waals surface area contributed by atoms with Crippen molar-refractivity contribution < 1.29 is 4.79 Å². The Kier molecular flexibility index (Phi) is 4.39. The largest absolute Gasteiger partial charge is 0.355 e.